The molecule has 2 fully saturated rings. The number of fused-ring (bicyclic) bond motifs is 2. The summed E-state index contributed by atoms with van der Waals surface area (Å²) in [5.74, 6) is 0. The highest BCUT2D eigenvalue weighted by atomic mass is 19.4. The number of likely N-dealkylation sites (N-methyl/N-ethyl adjacent to an activating group) is 1. The molecule has 0 unspecified atom stereocenters. The van der Waals surface area contributed by atoms with Crippen molar-refractivity contribution >= 4 is 0 Å². The summed E-state index contributed by atoms with van der Waals surface area (Å²) < 4.78 is 85.1. The largest absolute Gasteiger partial charge is 0.416 e. The van der Waals surface area contributed by atoms with Crippen molar-refractivity contribution in [1.82, 2.24) is 4.90 Å². The minimum atomic E-state index is -4.87. The van der Waals surface area contributed by atoms with Gasteiger partial charge in [0, 0.05) is 6.04 Å². The molecular weight excluding hydrogens is 420 g/mol. The first-order valence-electron chi connectivity index (χ1n) is 10.2. The van der Waals surface area contributed by atoms with Gasteiger partial charge < -0.3 is 4.74 Å². The Bertz CT molecular complexity index is 894. The average molecular weight is 443 g/mol. The summed E-state index contributed by atoms with van der Waals surface area (Å²) in [4.78, 5) is 2.27. The first-order chi connectivity index (χ1) is 14.5. The zero-order chi connectivity index (χ0) is 22.4. The predicted molar refractivity (Wildman–Crippen MR) is 103 cm³/mol. The van der Waals surface area contributed by atoms with E-state index in [2.05, 4.69) is 4.90 Å². The Balaban J connectivity index is 1.64. The molecule has 3 atom stereocenters. The lowest BCUT2D eigenvalue weighted by Crippen LogP contribution is -2.55. The topological polar surface area (TPSA) is 12.5 Å². The quantitative estimate of drug-likeness (QED) is 0.508. The Labute approximate surface area is 176 Å². The molecule has 2 saturated heterocycles. The number of nitrogens with zero attached hydrogens (tertiary/aromatic N) is 1. The summed E-state index contributed by atoms with van der Waals surface area (Å²) in [6.07, 6.45) is -6.67. The van der Waals surface area contributed by atoms with E-state index in [9.17, 15) is 26.3 Å². The van der Waals surface area contributed by atoms with Gasteiger partial charge in [-0.3, -0.25) is 4.90 Å². The first kappa shape index (κ1) is 22.1. The molecular formula is C23H23F6NO. The number of hydrogen-bond donors (Lipinski definition) is 0. The number of rotatable bonds is 4. The number of alkyl halides is 6. The van der Waals surface area contributed by atoms with Gasteiger partial charge in [0.05, 0.1) is 29.4 Å². The standard InChI is InChI=1S/C23H23F6NO/c1-30-19-7-8-20(21(30,10-9-19)16-5-3-2-4-6-16)31-14-15-11-17(22(24,25)26)13-18(12-15)23(27,28)29/h2-6,11-13,19-20H,7-10,14H2,1H3/t19-,20+,21+/m0/s1. The fourth-order valence-electron chi connectivity index (χ4n) is 5.17. The molecule has 2 aliphatic heterocycles. The van der Waals surface area contributed by atoms with E-state index < -0.39 is 29.0 Å². The van der Waals surface area contributed by atoms with E-state index in [0.717, 1.165) is 37.0 Å². The Kier molecular flexibility index (Phi) is 5.58. The maximum atomic E-state index is 13.2. The normalized spacial score (nSPS) is 26.9. The van der Waals surface area contributed by atoms with Crippen LogP contribution in [0.25, 0.3) is 0 Å². The maximum absolute atomic E-state index is 13.2. The molecule has 0 amide bonds. The first-order valence-corrected chi connectivity index (χ1v) is 10.2. The molecule has 0 saturated carbocycles. The number of ether oxygens (including phenoxy) is 1. The van der Waals surface area contributed by atoms with Crippen LogP contribution in [0.2, 0.25) is 0 Å². The number of hydrogen-bond acceptors (Lipinski definition) is 2. The molecule has 4 rings (SSSR count). The molecule has 8 heteroatoms. The van der Waals surface area contributed by atoms with E-state index in [1.807, 2.05) is 37.4 Å². The third-order valence-electron chi connectivity index (χ3n) is 6.70. The summed E-state index contributed by atoms with van der Waals surface area (Å²) in [7, 11) is 2.02. The SMILES string of the molecule is CN1[C@H]2CC[C@@H](OCc3cc(C(F)(F)F)cc(C(F)(F)F)c3)[C@]1(c1ccccc1)CC2. The van der Waals surface area contributed by atoms with Crippen molar-refractivity contribution in [2.45, 2.75) is 62.3 Å². The lowest BCUT2D eigenvalue weighted by atomic mass is 9.79. The summed E-state index contributed by atoms with van der Waals surface area (Å²) in [5.41, 5.74) is -2.14. The number of halogens is 6. The van der Waals surface area contributed by atoms with Crippen LogP contribution < -0.4 is 0 Å². The van der Waals surface area contributed by atoms with E-state index in [1.165, 1.54) is 0 Å². The van der Waals surface area contributed by atoms with Gasteiger partial charge in [-0.2, -0.15) is 26.3 Å². The van der Waals surface area contributed by atoms with Crippen LogP contribution in [0.15, 0.2) is 48.5 Å². The summed E-state index contributed by atoms with van der Waals surface area (Å²) in [5, 5.41) is 0. The van der Waals surface area contributed by atoms with Crippen LogP contribution in [0, 0.1) is 0 Å². The second kappa shape index (κ2) is 7.81. The highest BCUT2D eigenvalue weighted by Gasteiger charge is 2.54. The van der Waals surface area contributed by atoms with Gasteiger partial charge in [0.1, 0.15) is 0 Å². The van der Waals surface area contributed by atoms with Crippen molar-refractivity contribution in [2.75, 3.05) is 7.05 Å². The average Bonchev–Trinajstić information content (AvgIpc) is 2.92. The van der Waals surface area contributed by atoms with Crippen molar-refractivity contribution in [3.63, 3.8) is 0 Å². The number of piperidine rings is 1. The Morgan fingerprint density at radius 1 is 0.903 bits per heavy atom. The molecule has 2 aromatic rings. The van der Waals surface area contributed by atoms with Crippen molar-refractivity contribution in [3.05, 3.63) is 70.8 Å². The van der Waals surface area contributed by atoms with Gasteiger partial charge in [-0.1, -0.05) is 30.3 Å². The molecule has 0 radical (unpaired) electrons. The lowest BCUT2D eigenvalue weighted by molar-refractivity contribution is -0.143. The molecule has 0 aliphatic carbocycles. The summed E-state index contributed by atoms with van der Waals surface area (Å²) in [6, 6.07) is 11.8. The highest BCUT2D eigenvalue weighted by Crippen LogP contribution is 2.51. The van der Waals surface area contributed by atoms with Gasteiger partial charge in [0.15, 0.2) is 0 Å². The van der Waals surface area contributed by atoms with Crippen molar-refractivity contribution < 1.29 is 31.1 Å². The molecule has 0 spiro atoms. The van der Waals surface area contributed by atoms with Crippen molar-refractivity contribution in [3.8, 4) is 0 Å². The minimum absolute atomic E-state index is 0.131. The Morgan fingerprint density at radius 3 is 2.10 bits per heavy atom. The molecule has 2 aliphatic rings. The molecule has 2 bridgehead atoms. The minimum Gasteiger partial charge on any atom is -0.371 e. The van der Waals surface area contributed by atoms with Crippen LogP contribution in [0.3, 0.4) is 0 Å². The van der Waals surface area contributed by atoms with E-state index in [-0.39, 0.29) is 24.3 Å². The zero-order valence-electron chi connectivity index (χ0n) is 16.9. The second-order valence-electron chi connectivity index (χ2n) is 8.38. The van der Waals surface area contributed by atoms with Gasteiger partial charge in [0.2, 0.25) is 0 Å². The molecule has 0 aromatic heterocycles. The molecule has 2 nitrogen and oxygen atoms in total. The molecule has 168 valence electrons. The van der Waals surface area contributed by atoms with E-state index in [4.69, 9.17) is 4.74 Å². The molecule has 2 heterocycles. The summed E-state index contributed by atoms with van der Waals surface area (Å²) in [6.45, 7) is -0.315. The van der Waals surface area contributed by atoms with Crippen molar-refractivity contribution in [1.29, 1.82) is 0 Å². The van der Waals surface area contributed by atoms with Crippen LogP contribution in [-0.4, -0.2) is 24.1 Å². The van der Waals surface area contributed by atoms with Gasteiger partial charge in [-0.05, 0) is 62.1 Å². The van der Waals surface area contributed by atoms with Gasteiger partial charge >= 0.3 is 12.4 Å². The van der Waals surface area contributed by atoms with Crippen LogP contribution in [-0.2, 0) is 29.2 Å². The van der Waals surface area contributed by atoms with E-state index in [0.29, 0.717) is 12.5 Å². The second-order valence-corrected chi connectivity index (χ2v) is 8.38. The molecule has 0 N–H and O–H groups in total. The maximum Gasteiger partial charge on any atom is 0.416 e. The predicted octanol–water partition coefficient (Wildman–Crippen LogP) is 6.39. The van der Waals surface area contributed by atoms with Crippen LogP contribution in [0.4, 0.5) is 26.3 Å². The van der Waals surface area contributed by atoms with E-state index in [1.54, 1.807) is 0 Å². The van der Waals surface area contributed by atoms with E-state index >= 15 is 0 Å². The fourth-order valence-corrected chi connectivity index (χ4v) is 5.17. The zero-order valence-corrected chi connectivity index (χ0v) is 16.9. The Hall–Kier alpha value is -2.06. The summed E-state index contributed by atoms with van der Waals surface area (Å²) >= 11 is 0. The van der Waals surface area contributed by atoms with Crippen LogP contribution >= 0.6 is 0 Å². The van der Waals surface area contributed by atoms with Crippen molar-refractivity contribution in [2.24, 2.45) is 0 Å². The fraction of sp³-hybridized carbons (Fsp3) is 0.478. The monoisotopic (exact) mass is 443 g/mol. The number of benzene rings is 2. The smallest absolute Gasteiger partial charge is 0.371 e. The van der Waals surface area contributed by atoms with Crippen LogP contribution in [0.5, 0.6) is 0 Å². The van der Waals surface area contributed by atoms with Crippen LogP contribution in [0.1, 0.15) is 47.9 Å². The lowest BCUT2D eigenvalue weighted by Gasteiger charge is -2.48. The molecule has 2 aromatic carbocycles. The third kappa shape index (κ3) is 4.07. The highest BCUT2D eigenvalue weighted by molar-refractivity contribution is 5.34. The van der Waals surface area contributed by atoms with Gasteiger partial charge in [-0.15, -0.1) is 0 Å². The van der Waals surface area contributed by atoms with Gasteiger partial charge in [0.25, 0.3) is 0 Å². The third-order valence-corrected chi connectivity index (χ3v) is 6.70. The van der Waals surface area contributed by atoms with Gasteiger partial charge in [-0.25, -0.2) is 0 Å². The molecule has 31 heavy (non-hydrogen) atoms. The Morgan fingerprint density at radius 2 is 1.52 bits per heavy atom.